The minimum Gasteiger partial charge on any atom is -0.381 e. The van der Waals surface area contributed by atoms with E-state index in [0.29, 0.717) is 24.0 Å². The predicted molar refractivity (Wildman–Crippen MR) is 76.7 cm³/mol. The molecule has 110 valence electrons. The van der Waals surface area contributed by atoms with E-state index in [0.717, 1.165) is 39.0 Å². The Labute approximate surface area is 119 Å². The molecule has 1 unspecified atom stereocenters. The van der Waals surface area contributed by atoms with Gasteiger partial charge in [-0.05, 0) is 25.2 Å². The molecular formula is C14H22N4O2. The third-order valence-electron chi connectivity index (χ3n) is 3.23. The molecule has 1 atom stereocenters. The lowest BCUT2D eigenvalue weighted by Gasteiger charge is -2.22. The molecule has 1 amide bonds. The highest BCUT2D eigenvalue weighted by atomic mass is 16.5. The summed E-state index contributed by atoms with van der Waals surface area (Å²) in [5.41, 5.74) is 0.350. The molecule has 0 saturated carbocycles. The van der Waals surface area contributed by atoms with Crippen molar-refractivity contribution in [3.05, 3.63) is 18.1 Å². The van der Waals surface area contributed by atoms with Crippen LogP contribution in [0.3, 0.4) is 0 Å². The number of amides is 1. The maximum Gasteiger partial charge on any atom is 0.271 e. The van der Waals surface area contributed by atoms with Crippen molar-refractivity contribution >= 4 is 11.7 Å². The van der Waals surface area contributed by atoms with Crippen LogP contribution in [-0.2, 0) is 4.74 Å². The zero-order valence-electron chi connectivity index (χ0n) is 11.9. The van der Waals surface area contributed by atoms with Gasteiger partial charge in [0.2, 0.25) is 0 Å². The highest BCUT2D eigenvalue weighted by molar-refractivity contribution is 5.92. The van der Waals surface area contributed by atoms with Crippen LogP contribution in [0.5, 0.6) is 0 Å². The van der Waals surface area contributed by atoms with E-state index in [-0.39, 0.29) is 5.91 Å². The van der Waals surface area contributed by atoms with Gasteiger partial charge in [0.25, 0.3) is 5.91 Å². The Balaban J connectivity index is 1.84. The van der Waals surface area contributed by atoms with Crippen LogP contribution in [0, 0.1) is 5.92 Å². The first-order chi connectivity index (χ1) is 9.79. The van der Waals surface area contributed by atoms with Crippen molar-refractivity contribution in [1.29, 1.82) is 0 Å². The topological polar surface area (TPSA) is 76.1 Å². The first-order valence-corrected chi connectivity index (χ1v) is 7.21. The molecule has 0 spiro atoms. The van der Waals surface area contributed by atoms with E-state index in [9.17, 15) is 4.79 Å². The smallest absolute Gasteiger partial charge is 0.271 e. The highest BCUT2D eigenvalue weighted by Crippen LogP contribution is 2.12. The minimum atomic E-state index is -0.178. The molecule has 20 heavy (non-hydrogen) atoms. The summed E-state index contributed by atoms with van der Waals surface area (Å²) in [6.45, 7) is 5.08. The number of carbonyl (C=O) groups is 1. The van der Waals surface area contributed by atoms with Gasteiger partial charge in [0.05, 0.1) is 19.0 Å². The summed E-state index contributed by atoms with van der Waals surface area (Å²) in [4.78, 5) is 20.3. The predicted octanol–water partition coefficient (Wildman–Crippen LogP) is 1.45. The maximum atomic E-state index is 12.0. The summed E-state index contributed by atoms with van der Waals surface area (Å²) in [6.07, 6.45) is 6.28. The van der Waals surface area contributed by atoms with Crippen LogP contribution in [-0.4, -0.2) is 42.2 Å². The normalized spacial score (nSPS) is 18.6. The molecule has 0 radical (unpaired) electrons. The van der Waals surface area contributed by atoms with Gasteiger partial charge in [0.15, 0.2) is 0 Å². The number of rotatable bonds is 6. The summed E-state index contributed by atoms with van der Waals surface area (Å²) < 4.78 is 5.39. The molecule has 0 bridgehead atoms. The molecule has 6 heteroatoms. The Kier molecular flexibility index (Phi) is 5.73. The lowest BCUT2D eigenvalue weighted by atomic mass is 10.0. The van der Waals surface area contributed by atoms with Crippen molar-refractivity contribution in [2.24, 2.45) is 5.92 Å². The zero-order chi connectivity index (χ0) is 14.2. The summed E-state index contributed by atoms with van der Waals surface area (Å²) in [5.74, 6) is 0.866. The first-order valence-electron chi connectivity index (χ1n) is 7.21. The van der Waals surface area contributed by atoms with Crippen molar-refractivity contribution in [1.82, 2.24) is 15.3 Å². The standard InChI is InChI=1S/C14H22N4O2/c1-2-5-16-13-9-15-8-12(18-13)14(19)17-7-11-4-3-6-20-10-11/h8-9,11H,2-7,10H2,1H3,(H,16,18)(H,17,19). The van der Waals surface area contributed by atoms with Crippen molar-refractivity contribution < 1.29 is 9.53 Å². The summed E-state index contributed by atoms with van der Waals surface area (Å²) >= 11 is 0. The van der Waals surface area contributed by atoms with E-state index in [1.165, 1.54) is 6.20 Å². The Hall–Kier alpha value is -1.69. The molecule has 1 aromatic rings. The Bertz CT molecular complexity index is 433. The van der Waals surface area contributed by atoms with Crippen molar-refractivity contribution in [2.75, 3.05) is 31.6 Å². The van der Waals surface area contributed by atoms with E-state index in [4.69, 9.17) is 4.74 Å². The largest absolute Gasteiger partial charge is 0.381 e. The quantitative estimate of drug-likeness (QED) is 0.823. The fraction of sp³-hybridized carbons (Fsp3) is 0.643. The van der Waals surface area contributed by atoms with Gasteiger partial charge in [-0.25, -0.2) is 4.98 Å². The fourth-order valence-electron chi connectivity index (χ4n) is 2.11. The second-order valence-corrected chi connectivity index (χ2v) is 5.01. The van der Waals surface area contributed by atoms with Crippen LogP contribution < -0.4 is 10.6 Å². The first kappa shape index (κ1) is 14.7. The molecule has 2 heterocycles. The number of aromatic nitrogens is 2. The highest BCUT2D eigenvalue weighted by Gasteiger charge is 2.16. The maximum absolute atomic E-state index is 12.0. The number of hydrogen-bond donors (Lipinski definition) is 2. The van der Waals surface area contributed by atoms with E-state index >= 15 is 0 Å². The third kappa shape index (κ3) is 4.45. The fourth-order valence-corrected chi connectivity index (χ4v) is 2.11. The number of nitrogens with one attached hydrogen (secondary N) is 2. The molecule has 1 aliphatic rings. The molecule has 0 aliphatic carbocycles. The number of carbonyl (C=O) groups excluding carboxylic acids is 1. The van der Waals surface area contributed by atoms with Crippen molar-refractivity contribution in [3.63, 3.8) is 0 Å². The van der Waals surface area contributed by atoms with Gasteiger partial charge in [-0.1, -0.05) is 6.92 Å². The zero-order valence-corrected chi connectivity index (χ0v) is 11.9. The van der Waals surface area contributed by atoms with Gasteiger partial charge < -0.3 is 15.4 Å². The average molecular weight is 278 g/mol. The van der Waals surface area contributed by atoms with E-state index in [2.05, 4.69) is 27.5 Å². The molecule has 0 aromatic carbocycles. The minimum absolute atomic E-state index is 0.178. The lowest BCUT2D eigenvalue weighted by molar-refractivity contribution is 0.0535. The summed E-state index contributed by atoms with van der Waals surface area (Å²) in [6, 6.07) is 0. The molecular weight excluding hydrogens is 256 g/mol. The number of nitrogens with zero attached hydrogens (tertiary/aromatic N) is 2. The number of ether oxygens (including phenoxy) is 1. The molecule has 2 N–H and O–H groups in total. The second-order valence-electron chi connectivity index (χ2n) is 5.01. The van der Waals surface area contributed by atoms with Crippen LogP contribution in [0.15, 0.2) is 12.4 Å². The molecule has 2 rings (SSSR count). The van der Waals surface area contributed by atoms with Crippen LogP contribution in [0.25, 0.3) is 0 Å². The van der Waals surface area contributed by atoms with E-state index in [1.807, 2.05) is 0 Å². The second kappa shape index (κ2) is 7.79. The number of anilines is 1. The van der Waals surface area contributed by atoms with E-state index in [1.54, 1.807) is 6.20 Å². The van der Waals surface area contributed by atoms with Gasteiger partial charge in [-0.2, -0.15) is 0 Å². The Morgan fingerprint density at radius 2 is 2.40 bits per heavy atom. The van der Waals surface area contributed by atoms with Gasteiger partial charge in [-0.15, -0.1) is 0 Å². The molecule has 1 aromatic heterocycles. The SMILES string of the molecule is CCCNc1cncc(C(=O)NCC2CCCOC2)n1. The van der Waals surface area contributed by atoms with Gasteiger partial charge in [-0.3, -0.25) is 9.78 Å². The molecule has 1 saturated heterocycles. The van der Waals surface area contributed by atoms with Crippen molar-refractivity contribution in [3.8, 4) is 0 Å². The molecule has 1 fully saturated rings. The van der Waals surface area contributed by atoms with Gasteiger partial charge in [0, 0.05) is 19.7 Å². The van der Waals surface area contributed by atoms with Crippen molar-refractivity contribution in [2.45, 2.75) is 26.2 Å². The van der Waals surface area contributed by atoms with Gasteiger partial charge in [0.1, 0.15) is 11.5 Å². The molecule has 1 aliphatic heterocycles. The average Bonchev–Trinajstić information content (AvgIpc) is 2.52. The van der Waals surface area contributed by atoms with Crippen LogP contribution >= 0.6 is 0 Å². The van der Waals surface area contributed by atoms with E-state index < -0.39 is 0 Å². The number of hydrogen-bond acceptors (Lipinski definition) is 5. The Morgan fingerprint density at radius 1 is 1.50 bits per heavy atom. The summed E-state index contributed by atoms with van der Waals surface area (Å²) in [5, 5.41) is 6.02. The van der Waals surface area contributed by atoms with Crippen LogP contribution in [0.1, 0.15) is 36.7 Å². The monoisotopic (exact) mass is 278 g/mol. The summed E-state index contributed by atoms with van der Waals surface area (Å²) in [7, 11) is 0. The van der Waals surface area contributed by atoms with Crippen LogP contribution in [0.2, 0.25) is 0 Å². The Morgan fingerprint density at radius 3 is 3.15 bits per heavy atom. The van der Waals surface area contributed by atoms with Crippen LogP contribution in [0.4, 0.5) is 5.82 Å². The molecule has 6 nitrogen and oxygen atoms in total. The third-order valence-corrected chi connectivity index (χ3v) is 3.23. The lowest BCUT2D eigenvalue weighted by Crippen LogP contribution is -2.33. The van der Waals surface area contributed by atoms with Gasteiger partial charge >= 0.3 is 0 Å².